The number of amides is 3. The number of nitrogens with zero attached hydrogens (tertiary/aromatic N) is 2. The van der Waals surface area contributed by atoms with Crippen molar-refractivity contribution in [2.45, 2.75) is 19.4 Å². The highest BCUT2D eigenvalue weighted by Crippen LogP contribution is 2.13. The zero-order chi connectivity index (χ0) is 20.6. The molecule has 1 heterocycles. The molecule has 0 aliphatic carbocycles. The Bertz CT molecular complexity index is 899. The van der Waals surface area contributed by atoms with Gasteiger partial charge in [-0.15, -0.1) is 0 Å². The highest BCUT2D eigenvalue weighted by molar-refractivity contribution is 6.02. The van der Waals surface area contributed by atoms with Gasteiger partial charge in [0.2, 0.25) is 0 Å². The van der Waals surface area contributed by atoms with Gasteiger partial charge in [0.25, 0.3) is 5.91 Å². The molecule has 1 aliphatic heterocycles. The van der Waals surface area contributed by atoms with E-state index in [9.17, 15) is 14.4 Å². The third-order valence-electron chi connectivity index (χ3n) is 4.27. The first-order valence-electron chi connectivity index (χ1n) is 9.25. The van der Waals surface area contributed by atoms with Crippen molar-refractivity contribution >= 4 is 29.3 Å². The van der Waals surface area contributed by atoms with Crippen molar-refractivity contribution in [3.8, 4) is 0 Å². The molecule has 8 nitrogen and oxygen atoms in total. The molecule has 0 aromatic heterocycles. The average Bonchev–Trinajstić information content (AvgIpc) is 3.23. The SMILES string of the molecule is C[C@H](NC(=O)Nc1ccccc1)C(=O)OCC(=O)N1CCC(c2ccccc2)=N1. The first-order valence-corrected chi connectivity index (χ1v) is 9.25. The molecule has 0 unspecified atom stereocenters. The second kappa shape index (κ2) is 9.50. The lowest BCUT2D eigenvalue weighted by Crippen LogP contribution is -2.42. The Morgan fingerprint density at radius 2 is 1.72 bits per heavy atom. The van der Waals surface area contributed by atoms with Crippen LogP contribution in [0.4, 0.5) is 10.5 Å². The van der Waals surface area contributed by atoms with Gasteiger partial charge in [0, 0.05) is 12.1 Å². The van der Waals surface area contributed by atoms with Crippen LogP contribution in [-0.2, 0) is 14.3 Å². The Hall–Kier alpha value is -3.68. The number of esters is 1. The van der Waals surface area contributed by atoms with E-state index in [1.807, 2.05) is 36.4 Å². The van der Waals surface area contributed by atoms with Crippen LogP contribution < -0.4 is 10.6 Å². The van der Waals surface area contributed by atoms with E-state index < -0.39 is 30.6 Å². The smallest absolute Gasteiger partial charge is 0.328 e. The van der Waals surface area contributed by atoms with Gasteiger partial charge in [0.15, 0.2) is 6.61 Å². The Morgan fingerprint density at radius 3 is 2.41 bits per heavy atom. The zero-order valence-electron chi connectivity index (χ0n) is 16.0. The van der Waals surface area contributed by atoms with Crippen LogP contribution in [0.5, 0.6) is 0 Å². The molecule has 0 spiro atoms. The number of rotatable bonds is 6. The average molecular weight is 394 g/mol. The number of benzene rings is 2. The lowest BCUT2D eigenvalue weighted by atomic mass is 10.1. The summed E-state index contributed by atoms with van der Waals surface area (Å²) in [5, 5.41) is 10.7. The van der Waals surface area contributed by atoms with Crippen LogP contribution in [0.15, 0.2) is 65.8 Å². The molecule has 2 N–H and O–H groups in total. The molecule has 3 amide bonds. The molecule has 2 aromatic carbocycles. The van der Waals surface area contributed by atoms with Gasteiger partial charge in [-0.2, -0.15) is 5.10 Å². The van der Waals surface area contributed by atoms with Gasteiger partial charge in [0.1, 0.15) is 6.04 Å². The fourth-order valence-electron chi connectivity index (χ4n) is 2.75. The summed E-state index contributed by atoms with van der Waals surface area (Å²) in [6.07, 6.45) is 0.640. The van der Waals surface area contributed by atoms with Crippen LogP contribution in [0.1, 0.15) is 18.9 Å². The van der Waals surface area contributed by atoms with Gasteiger partial charge in [-0.05, 0) is 24.6 Å². The van der Waals surface area contributed by atoms with Crippen molar-refractivity contribution in [1.82, 2.24) is 10.3 Å². The maximum atomic E-state index is 12.3. The third-order valence-corrected chi connectivity index (χ3v) is 4.27. The summed E-state index contributed by atoms with van der Waals surface area (Å²) in [7, 11) is 0. The maximum absolute atomic E-state index is 12.3. The molecule has 150 valence electrons. The Morgan fingerprint density at radius 1 is 1.07 bits per heavy atom. The highest BCUT2D eigenvalue weighted by atomic mass is 16.5. The molecule has 0 bridgehead atoms. The number of hydrogen-bond acceptors (Lipinski definition) is 5. The van der Waals surface area contributed by atoms with Gasteiger partial charge in [-0.25, -0.2) is 14.6 Å². The standard InChI is InChI=1S/C21H22N4O4/c1-15(22-21(28)23-17-10-6-3-7-11-17)20(27)29-14-19(26)25-13-12-18(24-25)16-8-4-2-5-9-16/h2-11,15H,12-14H2,1H3,(H2,22,23,28)/t15-/m0/s1. The summed E-state index contributed by atoms with van der Waals surface area (Å²) in [6.45, 7) is 1.49. The van der Waals surface area contributed by atoms with Gasteiger partial charge in [0.05, 0.1) is 12.3 Å². The van der Waals surface area contributed by atoms with E-state index in [0.29, 0.717) is 18.7 Å². The molecule has 2 aromatic rings. The van der Waals surface area contributed by atoms with E-state index >= 15 is 0 Å². The van der Waals surface area contributed by atoms with Crippen molar-refractivity contribution in [2.75, 3.05) is 18.5 Å². The van der Waals surface area contributed by atoms with Crippen molar-refractivity contribution in [2.24, 2.45) is 5.10 Å². The van der Waals surface area contributed by atoms with Crippen molar-refractivity contribution < 1.29 is 19.1 Å². The fourth-order valence-corrected chi connectivity index (χ4v) is 2.75. The topological polar surface area (TPSA) is 100 Å². The number of ether oxygens (including phenoxy) is 1. The molecular formula is C21H22N4O4. The van der Waals surface area contributed by atoms with E-state index in [2.05, 4.69) is 15.7 Å². The fraction of sp³-hybridized carbons (Fsp3) is 0.238. The van der Waals surface area contributed by atoms with Crippen LogP contribution in [0.3, 0.4) is 0 Å². The number of anilines is 1. The van der Waals surface area contributed by atoms with Gasteiger partial charge < -0.3 is 15.4 Å². The molecule has 3 rings (SSSR count). The van der Waals surface area contributed by atoms with Crippen LogP contribution in [0.2, 0.25) is 0 Å². The van der Waals surface area contributed by atoms with Crippen LogP contribution >= 0.6 is 0 Å². The van der Waals surface area contributed by atoms with Crippen molar-refractivity contribution in [3.05, 3.63) is 66.2 Å². The summed E-state index contributed by atoms with van der Waals surface area (Å²) in [5.41, 5.74) is 2.38. The number of urea groups is 1. The lowest BCUT2D eigenvalue weighted by Gasteiger charge is -2.15. The van der Waals surface area contributed by atoms with Crippen LogP contribution in [0.25, 0.3) is 0 Å². The molecule has 29 heavy (non-hydrogen) atoms. The number of para-hydroxylation sites is 1. The predicted molar refractivity (Wildman–Crippen MR) is 108 cm³/mol. The van der Waals surface area contributed by atoms with Crippen LogP contribution in [-0.4, -0.2) is 47.8 Å². The molecule has 0 fully saturated rings. The Kier molecular flexibility index (Phi) is 6.57. The van der Waals surface area contributed by atoms with Crippen molar-refractivity contribution in [1.29, 1.82) is 0 Å². The lowest BCUT2D eigenvalue weighted by molar-refractivity contribution is -0.153. The Labute approximate surface area is 168 Å². The largest absolute Gasteiger partial charge is 0.454 e. The second-order valence-corrected chi connectivity index (χ2v) is 6.47. The number of nitrogens with one attached hydrogen (secondary N) is 2. The van der Waals surface area contributed by atoms with Crippen molar-refractivity contribution in [3.63, 3.8) is 0 Å². The quantitative estimate of drug-likeness (QED) is 0.735. The number of carbonyl (C=O) groups is 3. The van der Waals surface area contributed by atoms with Gasteiger partial charge in [-0.1, -0.05) is 48.5 Å². The number of hydrazone groups is 1. The van der Waals surface area contributed by atoms with E-state index in [1.165, 1.54) is 11.9 Å². The molecule has 1 aliphatic rings. The molecule has 0 radical (unpaired) electrons. The summed E-state index contributed by atoms with van der Waals surface area (Å²) in [5.74, 6) is -1.11. The van der Waals surface area contributed by atoms with Gasteiger partial charge >= 0.3 is 12.0 Å². The number of hydrogen-bond donors (Lipinski definition) is 2. The summed E-state index contributed by atoms with van der Waals surface area (Å²) >= 11 is 0. The molecule has 1 atom stereocenters. The normalized spacial score (nSPS) is 14.0. The minimum atomic E-state index is -0.909. The van der Waals surface area contributed by atoms with Crippen LogP contribution in [0, 0.1) is 0 Å². The predicted octanol–water partition coefficient (Wildman–Crippen LogP) is 2.38. The second-order valence-electron chi connectivity index (χ2n) is 6.47. The first kappa shape index (κ1) is 20.1. The van der Waals surface area contributed by atoms with Gasteiger partial charge in [-0.3, -0.25) is 4.79 Å². The number of carbonyl (C=O) groups excluding carboxylic acids is 3. The minimum Gasteiger partial charge on any atom is -0.454 e. The molecular weight excluding hydrogens is 372 g/mol. The molecule has 0 saturated heterocycles. The van der Waals surface area contributed by atoms with E-state index in [-0.39, 0.29) is 0 Å². The highest BCUT2D eigenvalue weighted by Gasteiger charge is 2.24. The maximum Gasteiger partial charge on any atom is 0.328 e. The third kappa shape index (κ3) is 5.65. The summed E-state index contributed by atoms with van der Waals surface area (Å²) < 4.78 is 5.03. The van der Waals surface area contributed by atoms with E-state index in [1.54, 1.807) is 24.3 Å². The van der Waals surface area contributed by atoms with E-state index in [0.717, 1.165) is 11.3 Å². The first-order chi connectivity index (χ1) is 14.0. The van der Waals surface area contributed by atoms with E-state index in [4.69, 9.17) is 4.74 Å². The molecule has 8 heteroatoms. The monoisotopic (exact) mass is 394 g/mol. The summed E-state index contributed by atoms with van der Waals surface area (Å²) in [4.78, 5) is 36.2. The Balaban J connectivity index is 1.44. The summed E-state index contributed by atoms with van der Waals surface area (Å²) in [6, 6.07) is 17.0. The molecule has 0 saturated carbocycles. The minimum absolute atomic E-state index is 0.412. The zero-order valence-corrected chi connectivity index (χ0v) is 16.0.